The van der Waals surface area contributed by atoms with Gasteiger partial charge in [-0.25, -0.2) is 0 Å². The number of hydrogen-bond acceptors (Lipinski definition) is 3. The topological polar surface area (TPSA) is 50.4 Å². The van der Waals surface area contributed by atoms with E-state index >= 15 is 0 Å². The summed E-state index contributed by atoms with van der Waals surface area (Å²) in [7, 11) is 1.63. The predicted octanol–water partition coefficient (Wildman–Crippen LogP) is 1.10. The maximum absolute atomic E-state index is 11.7. The summed E-state index contributed by atoms with van der Waals surface area (Å²) >= 11 is 0. The number of amides is 1. The molecule has 0 bridgehead atoms. The van der Waals surface area contributed by atoms with Crippen molar-refractivity contribution in [3.05, 3.63) is 29.3 Å². The minimum absolute atomic E-state index is 0.106. The highest BCUT2D eigenvalue weighted by Gasteiger charge is 2.19. The summed E-state index contributed by atoms with van der Waals surface area (Å²) in [6.45, 7) is 3.82. The zero-order chi connectivity index (χ0) is 12.3. The molecular formula is C13H18N2O2. The van der Waals surface area contributed by atoms with Crippen LogP contribution in [-0.2, 0) is 0 Å². The summed E-state index contributed by atoms with van der Waals surface area (Å²) in [4.78, 5) is 11.7. The van der Waals surface area contributed by atoms with Gasteiger partial charge < -0.3 is 15.4 Å². The van der Waals surface area contributed by atoms with Gasteiger partial charge in [-0.1, -0.05) is 6.07 Å². The van der Waals surface area contributed by atoms with E-state index in [-0.39, 0.29) is 12.0 Å². The monoisotopic (exact) mass is 234 g/mol. The van der Waals surface area contributed by atoms with E-state index in [2.05, 4.69) is 10.6 Å². The van der Waals surface area contributed by atoms with Crippen LogP contribution in [0.5, 0.6) is 5.75 Å². The molecule has 0 saturated carbocycles. The lowest BCUT2D eigenvalue weighted by molar-refractivity contribution is 0.0956. The van der Waals surface area contributed by atoms with Crippen molar-refractivity contribution in [3.8, 4) is 5.75 Å². The molecule has 4 nitrogen and oxygen atoms in total. The summed E-state index contributed by atoms with van der Waals surface area (Å²) < 4.78 is 5.89. The number of nitrogens with one attached hydrogen (secondary N) is 2. The summed E-state index contributed by atoms with van der Waals surface area (Å²) in [5.41, 5.74) is 1.70. The van der Waals surface area contributed by atoms with E-state index in [4.69, 9.17) is 4.74 Å². The minimum atomic E-state index is -0.106. The van der Waals surface area contributed by atoms with Crippen molar-refractivity contribution < 1.29 is 9.53 Å². The van der Waals surface area contributed by atoms with Crippen molar-refractivity contribution in [1.29, 1.82) is 0 Å². The Hall–Kier alpha value is -1.55. The third-order valence-electron chi connectivity index (χ3n) is 2.92. The molecular weight excluding hydrogens is 216 g/mol. The first kappa shape index (κ1) is 11.9. The lowest BCUT2D eigenvalue weighted by Gasteiger charge is -2.16. The highest BCUT2D eigenvalue weighted by Crippen LogP contribution is 2.22. The fourth-order valence-electron chi connectivity index (χ4n) is 1.96. The van der Waals surface area contributed by atoms with Gasteiger partial charge in [0, 0.05) is 13.6 Å². The van der Waals surface area contributed by atoms with Crippen LogP contribution in [-0.4, -0.2) is 32.1 Å². The average Bonchev–Trinajstić information content (AvgIpc) is 2.81. The molecule has 92 valence electrons. The predicted molar refractivity (Wildman–Crippen MR) is 66.5 cm³/mol. The van der Waals surface area contributed by atoms with Gasteiger partial charge in [-0.2, -0.15) is 0 Å². The van der Waals surface area contributed by atoms with Gasteiger partial charge in [-0.3, -0.25) is 4.79 Å². The highest BCUT2D eigenvalue weighted by atomic mass is 16.5. The van der Waals surface area contributed by atoms with Gasteiger partial charge in [-0.05, 0) is 37.6 Å². The smallest absolute Gasteiger partial charge is 0.254 e. The minimum Gasteiger partial charge on any atom is -0.488 e. The van der Waals surface area contributed by atoms with Gasteiger partial charge in [0.25, 0.3) is 5.91 Å². The second kappa shape index (κ2) is 5.19. The molecule has 1 aromatic rings. The molecule has 2 rings (SSSR count). The Kier molecular flexibility index (Phi) is 3.64. The Balaban J connectivity index is 2.22. The van der Waals surface area contributed by atoms with Gasteiger partial charge in [0.05, 0.1) is 5.56 Å². The SMILES string of the molecule is CNC(=O)c1ccc(C)cc1O[C@@H]1CCNC1. The van der Waals surface area contributed by atoms with Crippen LogP contribution in [0.1, 0.15) is 22.3 Å². The number of aryl methyl sites for hydroxylation is 1. The van der Waals surface area contributed by atoms with Gasteiger partial charge in [0.2, 0.25) is 0 Å². The van der Waals surface area contributed by atoms with Crippen LogP contribution in [0.2, 0.25) is 0 Å². The van der Waals surface area contributed by atoms with Crippen LogP contribution in [0, 0.1) is 6.92 Å². The molecule has 1 saturated heterocycles. The normalized spacial score (nSPS) is 19.1. The third-order valence-corrected chi connectivity index (χ3v) is 2.92. The maximum Gasteiger partial charge on any atom is 0.254 e. The standard InChI is InChI=1S/C13H18N2O2/c1-9-3-4-11(13(16)14-2)12(7-9)17-10-5-6-15-8-10/h3-4,7,10,15H,5-6,8H2,1-2H3,(H,14,16)/t10-/m1/s1. The first-order valence-electron chi connectivity index (χ1n) is 5.91. The van der Waals surface area contributed by atoms with Crippen LogP contribution in [0.25, 0.3) is 0 Å². The Morgan fingerprint density at radius 2 is 2.35 bits per heavy atom. The molecule has 17 heavy (non-hydrogen) atoms. The van der Waals surface area contributed by atoms with E-state index in [1.54, 1.807) is 7.05 Å². The largest absolute Gasteiger partial charge is 0.488 e. The molecule has 1 aliphatic heterocycles. The Morgan fingerprint density at radius 3 is 3.00 bits per heavy atom. The molecule has 1 atom stereocenters. The molecule has 0 radical (unpaired) electrons. The molecule has 0 aliphatic carbocycles. The van der Waals surface area contributed by atoms with Crippen LogP contribution >= 0.6 is 0 Å². The average molecular weight is 234 g/mol. The quantitative estimate of drug-likeness (QED) is 0.823. The zero-order valence-corrected chi connectivity index (χ0v) is 10.2. The van der Waals surface area contributed by atoms with Gasteiger partial charge in [0.15, 0.2) is 0 Å². The van der Waals surface area contributed by atoms with E-state index in [0.29, 0.717) is 11.3 Å². The van der Waals surface area contributed by atoms with Crippen molar-refractivity contribution >= 4 is 5.91 Å². The summed E-state index contributed by atoms with van der Waals surface area (Å²) in [6, 6.07) is 5.65. The zero-order valence-electron chi connectivity index (χ0n) is 10.2. The van der Waals surface area contributed by atoms with Crippen LogP contribution < -0.4 is 15.4 Å². The summed E-state index contributed by atoms with van der Waals surface area (Å²) in [6.07, 6.45) is 1.15. The Morgan fingerprint density at radius 1 is 1.53 bits per heavy atom. The van der Waals surface area contributed by atoms with Crippen LogP contribution in [0.3, 0.4) is 0 Å². The number of hydrogen-bond donors (Lipinski definition) is 2. The molecule has 0 unspecified atom stereocenters. The molecule has 1 fully saturated rings. The van der Waals surface area contributed by atoms with Crippen molar-refractivity contribution in [2.75, 3.05) is 20.1 Å². The number of carbonyl (C=O) groups excluding carboxylic acids is 1. The van der Waals surface area contributed by atoms with Crippen molar-refractivity contribution in [3.63, 3.8) is 0 Å². The first-order valence-corrected chi connectivity index (χ1v) is 5.91. The maximum atomic E-state index is 11.7. The molecule has 1 aromatic carbocycles. The number of carbonyl (C=O) groups is 1. The summed E-state index contributed by atoms with van der Waals surface area (Å²) in [5.74, 6) is 0.573. The molecule has 2 N–H and O–H groups in total. The van der Waals surface area contributed by atoms with E-state index in [0.717, 1.165) is 25.1 Å². The lowest BCUT2D eigenvalue weighted by atomic mass is 10.1. The Bertz CT molecular complexity index is 412. The second-order valence-corrected chi connectivity index (χ2v) is 4.31. The van der Waals surface area contributed by atoms with Gasteiger partial charge in [-0.15, -0.1) is 0 Å². The highest BCUT2D eigenvalue weighted by molar-refractivity contribution is 5.96. The molecule has 0 aromatic heterocycles. The van der Waals surface area contributed by atoms with Gasteiger partial charge >= 0.3 is 0 Å². The van der Waals surface area contributed by atoms with Crippen molar-refractivity contribution in [2.45, 2.75) is 19.4 Å². The second-order valence-electron chi connectivity index (χ2n) is 4.31. The van der Waals surface area contributed by atoms with E-state index in [1.807, 2.05) is 25.1 Å². The molecule has 4 heteroatoms. The fraction of sp³-hybridized carbons (Fsp3) is 0.462. The molecule has 1 amide bonds. The number of benzene rings is 1. The van der Waals surface area contributed by atoms with Crippen LogP contribution in [0.4, 0.5) is 0 Å². The first-order chi connectivity index (χ1) is 8.20. The Labute approximate surface area is 101 Å². The van der Waals surface area contributed by atoms with E-state index in [1.165, 1.54) is 0 Å². The molecule has 1 aliphatic rings. The summed E-state index contributed by atoms with van der Waals surface area (Å²) in [5, 5.41) is 5.88. The number of rotatable bonds is 3. The molecule has 0 spiro atoms. The number of ether oxygens (including phenoxy) is 1. The van der Waals surface area contributed by atoms with E-state index < -0.39 is 0 Å². The third kappa shape index (κ3) is 2.77. The van der Waals surface area contributed by atoms with Crippen molar-refractivity contribution in [1.82, 2.24) is 10.6 Å². The van der Waals surface area contributed by atoms with Crippen molar-refractivity contribution in [2.24, 2.45) is 0 Å². The van der Waals surface area contributed by atoms with Gasteiger partial charge in [0.1, 0.15) is 11.9 Å². The molecule has 1 heterocycles. The fourth-order valence-corrected chi connectivity index (χ4v) is 1.96. The van der Waals surface area contributed by atoms with E-state index in [9.17, 15) is 4.79 Å². The lowest BCUT2D eigenvalue weighted by Crippen LogP contribution is -2.23. The van der Waals surface area contributed by atoms with Crippen LogP contribution in [0.15, 0.2) is 18.2 Å².